The quantitative estimate of drug-likeness (QED) is 0.453. The van der Waals surface area contributed by atoms with Gasteiger partial charge in [0.1, 0.15) is 5.82 Å². The molecule has 5 rings (SSSR count). The number of nitrogens with one attached hydrogen (secondary N) is 3. The molecule has 0 unspecified atom stereocenters. The second kappa shape index (κ2) is 10.8. The predicted octanol–water partition coefficient (Wildman–Crippen LogP) is 3.84. The number of aromatic amines is 1. The molecular weight excluding hydrogens is 488 g/mol. The summed E-state index contributed by atoms with van der Waals surface area (Å²) < 4.78 is 2.24. The highest BCUT2D eigenvalue weighted by atomic mass is 16.1. The molecule has 0 atom stereocenters. The summed E-state index contributed by atoms with van der Waals surface area (Å²) in [7, 11) is 2.16. The number of benzene rings is 1. The number of carbonyl (C=O) groups excluding carboxylic acids is 1. The molecule has 8 heteroatoms. The highest BCUT2D eigenvalue weighted by Crippen LogP contribution is 2.32. The standard InChI is InChI=1S/C31H40N6O2/c1-19(2)37-18-21(4)29-25(30(38)33-17-26-20(3)13-22(5)34-31(26)39)14-24(15-27(29)37)23-7-8-28(32-16-23)36-11-9-35(6)10-12-36/h7-8,13-15,18-19,32H,9-12,16-17H2,1-6H3,(H,33,38)(H,34,39). The van der Waals surface area contributed by atoms with Crippen LogP contribution in [0.25, 0.3) is 16.5 Å². The molecule has 4 heterocycles. The Kier molecular flexibility index (Phi) is 7.40. The van der Waals surface area contributed by atoms with Gasteiger partial charge in [-0.25, -0.2) is 0 Å². The molecule has 0 aliphatic carbocycles. The number of dihydropyridines is 1. The molecule has 2 aliphatic heterocycles. The Labute approximate surface area is 230 Å². The Bertz CT molecular complexity index is 1530. The SMILES string of the molecule is Cc1cc(C)c(CNC(=O)c2cc(C3=CC=C(N4CCN(C)CC4)NC3)cc3c2c(C)cn3C(C)C)c(=O)[nH]1. The number of fused-ring (bicyclic) bond motifs is 1. The number of piperazine rings is 1. The second-order valence-corrected chi connectivity index (χ2v) is 11.2. The Balaban J connectivity index is 1.50. The minimum Gasteiger partial charge on any atom is -0.368 e. The van der Waals surface area contributed by atoms with E-state index in [4.69, 9.17) is 0 Å². The monoisotopic (exact) mass is 528 g/mol. The number of aromatic nitrogens is 2. The highest BCUT2D eigenvalue weighted by Gasteiger charge is 2.22. The van der Waals surface area contributed by atoms with Gasteiger partial charge in [-0.15, -0.1) is 0 Å². The molecule has 0 saturated carbocycles. The van der Waals surface area contributed by atoms with Crippen LogP contribution >= 0.6 is 0 Å². The Morgan fingerprint density at radius 3 is 2.41 bits per heavy atom. The average Bonchev–Trinajstić information content (AvgIpc) is 3.24. The maximum absolute atomic E-state index is 13.7. The van der Waals surface area contributed by atoms with E-state index in [0.717, 1.165) is 70.9 Å². The topological polar surface area (TPSA) is 85.4 Å². The van der Waals surface area contributed by atoms with E-state index in [0.29, 0.717) is 17.7 Å². The van der Waals surface area contributed by atoms with Crippen LogP contribution < -0.4 is 16.2 Å². The summed E-state index contributed by atoms with van der Waals surface area (Å²) in [6, 6.07) is 6.39. The van der Waals surface area contributed by atoms with E-state index in [9.17, 15) is 9.59 Å². The number of likely N-dealkylation sites (N-methyl/N-ethyl adjacent to an activating group) is 1. The molecule has 3 aromatic rings. The van der Waals surface area contributed by atoms with E-state index in [2.05, 4.69) is 82.2 Å². The van der Waals surface area contributed by atoms with E-state index in [1.54, 1.807) is 0 Å². The number of amides is 1. The van der Waals surface area contributed by atoms with Crippen LogP contribution in [0.5, 0.6) is 0 Å². The Hall–Kier alpha value is -3.78. The molecule has 2 aromatic heterocycles. The van der Waals surface area contributed by atoms with Crippen molar-refractivity contribution in [3.05, 3.63) is 86.2 Å². The first kappa shape index (κ1) is 26.8. The minimum absolute atomic E-state index is 0.157. The molecule has 1 amide bonds. The first-order chi connectivity index (χ1) is 18.6. The van der Waals surface area contributed by atoms with Crippen molar-refractivity contribution in [2.45, 2.75) is 47.2 Å². The van der Waals surface area contributed by atoms with Gasteiger partial charge in [-0.2, -0.15) is 0 Å². The number of carbonyl (C=O) groups is 1. The minimum atomic E-state index is -0.177. The summed E-state index contributed by atoms with van der Waals surface area (Å²) in [5.41, 5.74) is 7.02. The number of pyridine rings is 1. The highest BCUT2D eigenvalue weighted by molar-refractivity contribution is 6.09. The van der Waals surface area contributed by atoms with E-state index in [1.807, 2.05) is 26.0 Å². The molecule has 1 aromatic carbocycles. The van der Waals surface area contributed by atoms with Gasteiger partial charge in [0.2, 0.25) is 0 Å². The zero-order chi connectivity index (χ0) is 27.8. The second-order valence-electron chi connectivity index (χ2n) is 11.2. The van der Waals surface area contributed by atoms with E-state index in [1.165, 1.54) is 0 Å². The van der Waals surface area contributed by atoms with Crippen molar-refractivity contribution in [3.8, 4) is 0 Å². The summed E-state index contributed by atoms with van der Waals surface area (Å²) in [6.45, 7) is 15.2. The third-order valence-electron chi connectivity index (χ3n) is 7.96. The van der Waals surface area contributed by atoms with Crippen LogP contribution in [-0.2, 0) is 6.54 Å². The van der Waals surface area contributed by atoms with Crippen molar-refractivity contribution in [2.24, 2.45) is 0 Å². The average molecular weight is 529 g/mol. The first-order valence-electron chi connectivity index (χ1n) is 13.8. The lowest BCUT2D eigenvalue weighted by Gasteiger charge is -2.36. The van der Waals surface area contributed by atoms with Crippen molar-refractivity contribution in [1.29, 1.82) is 0 Å². The summed E-state index contributed by atoms with van der Waals surface area (Å²) >= 11 is 0. The Morgan fingerprint density at radius 2 is 1.77 bits per heavy atom. The molecular formula is C31H40N6O2. The molecule has 8 nitrogen and oxygen atoms in total. The number of aryl methyl sites for hydroxylation is 3. The van der Waals surface area contributed by atoms with Crippen molar-refractivity contribution in [1.82, 2.24) is 30.0 Å². The molecule has 1 saturated heterocycles. The van der Waals surface area contributed by atoms with Gasteiger partial charge in [0.15, 0.2) is 0 Å². The van der Waals surface area contributed by atoms with Crippen LogP contribution in [0.2, 0.25) is 0 Å². The Morgan fingerprint density at radius 1 is 1.03 bits per heavy atom. The van der Waals surface area contributed by atoms with Crippen molar-refractivity contribution in [3.63, 3.8) is 0 Å². The van der Waals surface area contributed by atoms with Gasteiger partial charge in [0.25, 0.3) is 11.5 Å². The fraction of sp³-hybridized carbons (Fsp3) is 0.419. The summed E-state index contributed by atoms with van der Waals surface area (Å²) in [4.78, 5) is 33.8. The van der Waals surface area contributed by atoms with Crippen LogP contribution in [0.1, 0.15) is 58.2 Å². The first-order valence-corrected chi connectivity index (χ1v) is 13.8. The summed E-state index contributed by atoms with van der Waals surface area (Å²) in [5, 5.41) is 7.60. The zero-order valence-corrected chi connectivity index (χ0v) is 23.9. The van der Waals surface area contributed by atoms with Crippen LogP contribution in [0.3, 0.4) is 0 Å². The van der Waals surface area contributed by atoms with E-state index < -0.39 is 0 Å². The lowest BCUT2D eigenvalue weighted by atomic mass is 9.96. The molecule has 1 fully saturated rings. The van der Waals surface area contributed by atoms with E-state index >= 15 is 0 Å². The van der Waals surface area contributed by atoms with Gasteiger partial charge in [0, 0.05) is 79.2 Å². The fourth-order valence-electron chi connectivity index (χ4n) is 5.69. The van der Waals surface area contributed by atoms with Crippen molar-refractivity contribution in [2.75, 3.05) is 39.8 Å². The number of rotatable bonds is 6. The van der Waals surface area contributed by atoms with Gasteiger partial charge >= 0.3 is 0 Å². The van der Waals surface area contributed by atoms with Crippen molar-refractivity contribution >= 4 is 22.4 Å². The summed E-state index contributed by atoms with van der Waals surface area (Å²) in [5.74, 6) is 0.981. The maximum atomic E-state index is 13.7. The van der Waals surface area contributed by atoms with Crippen molar-refractivity contribution < 1.29 is 4.79 Å². The number of allylic oxidation sites excluding steroid dienone is 2. The molecule has 206 valence electrons. The van der Waals surface area contributed by atoms with E-state index in [-0.39, 0.29) is 24.1 Å². The number of hydrogen-bond acceptors (Lipinski definition) is 5. The molecule has 2 aliphatic rings. The number of nitrogens with zero attached hydrogens (tertiary/aromatic N) is 3. The predicted molar refractivity (Wildman–Crippen MR) is 158 cm³/mol. The lowest BCUT2D eigenvalue weighted by Crippen LogP contribution is -2.47. The fourth-order valence-corrected chi connectivity index (χ4v) is 5.69. The van der Waals surface area contributed by atoms with Gasteiger partial charge in [-0.3, -0.25) is 9.59 Å². The molecule has 0 bridgehead atoms. The van der Waals surface area contributed by atoms with Crippen LogP contribution in [0.15, 0.2) is 47.2 Å². The van der Waals surface area contributed by atoms with Gasteiger partial charge in [0.05, 0.1) is 0 Å². The van der Waals surface area contributed by atoms with Crippen LogP contribution in [0, 0.1) is 20.8 Å². The number of H-pyrrole nitrogens is 1. The van der Waals surface area contributed by atoms with Crippen LogP contribution in [0.4, 0.5) is 0 Å². The summed E-state index contributed by atoms with van der Waals surface area (Å²) in [6.07, 6.45) is 6.47. The smallest absolute Gasteiger partial charge is 0.253 e. The van der Waals surface area contributed by atoms with Crippen LogP contribution in [-0.4, -0.2) is 65.0 Å². The number of hydrogen-bond donors (Lipinski definition) is 3. The zero-order valence-electron chi connectivity index (χ0n) is 23.9. The lowest BCUT2D eigenvalue weighted by molar-refractivity contribution is 0.0952. The van der Waals surface area contributed by atoms with Gasteiger partial charge in [-0.1, -0.05) is 6.08 Å². The normalized spacial score (nSPS) is 16.3. The third-order valence-corrected chi connectivity index (χ3v) is 7.96. The van der Waals surface area contributed by atoms with Gasteiger partial charge in [-0.05, 0) is 88.2 Å². The maximum Gasteiger partial charge on any atom is 0.253 e. The molecule has 0 spiro atoms. The molecule has 3 N–H and O–H groups in total. The van der Waals surface area contributed by atoms with Gasteiger partial charge < -0.3 is 30.0 Å². The largest absolute Gasteiger partial charge is 0.368 e. The molecule has 39 heavy (non-hydrogen) atoms. The molecule has 0 radical (unpaired) electrons. The third kappa shape index (κ3) is 5.39.